The summed E-state index contributed by atoms with van der Waals surface area (Å²) in [6, 6.07) is 11.5. The summed E-state index contributed by atoms with van der Waals surface area (Å²) in [4.78, 5) is 38.6. The molecule has 1 heterocycles. The Bertz CT molecular complexity index is 910. The average Bonchev–Trinajstić information content (AvgIpc) is 3.07. The minimum absolute atomic E-state index is 0.0347. The lowest BCUT2D eigenvalue weighted by Gasteiger charge is -2.16. The first-order valence-corrected chi connectivity index (χ1v) is 9.55. The van der Waals surface area contributed by atoms with Crippen LogP contribution in [0.5, 0.6) is 0 Å². The van der Waals surface area contributed by atoms with Crippen LogP contribution in [0.2, 0.25) is 5.02 Å². The fourth-order valence-corrected chi connectivity index (χ4v) is 3.24. The third-order valence-electron chi connectivity index (χ3n) is 4.41. The predicted molar refractivity (Wildman–Crippen MR) is 110 cm³/mol. The third kappa shape index (κ3) is 4.51. The van der Waals surface area contributed by atoms with Gasteiger partial charge in [0.2, 0.25) is 5.91 Å². The van der Waals surface area contributed by atoms with Crippen LogP contribution in [0, 0.1) is 0 Å². The third-order valence-corrected chi connectivity index (χ3v) is 4.64. The maximum atomic E-state index is 12.7. The highest BCUT2D eigenvalue weighted by Crippen LogP contribution is 2.24. The molecule has 3 rings (SSSR count). The van der Waals surface area contributed by atoms with Crippen LogP contribution in [0.1, 0.15) is 47.4 Å². The van der Waals surface area contributed by atoms with Crippen molar-refractivity contribution in [3.05, 3.63) is 58.6 Å². The predicted octanol–water partition coefficient (Wildman–Crippen LogP) is 3.86. The lowest BCUT2D eigenvalue weighted by molar-refractivity contribution is -0.117. The van der Waals surface area contributed by atoms with Crippen molar-refractivity contribution in [2.75, 3.05) is 16.8 Å². The van der Waals surface area contributed by atoms with Crippen LogP contribution in [0.4, 0.5) is 11.4 Å². The fraction of sp³-hybridized carbons (Fsp3) is 0.286. The largest absolute Gasteiger partial charge is 0.350 e. The summed E-state index contributed by atoms with van der Waals surface area (Å²) in [5.41, 5.74) is 1.88. The Kier molecular flexibility index (Phi) is 5.99. The molecule has 6 nitrogen and oxygen atoms in total. The molecule has 146 valence electrons. The number of hydrogen-bond donors (Lipinski definition) is 2. The van der Waals surface area contributed by atoms with Gasteiger partial charge in [-0.2, -0.15) is 0 Å². The molecular weight excluding hydrogens is 378 g/mol. The standard InChI is InChI=1S/C21H22ClN3O3/c1-13(2)23-21(28)17-10-7-15(22)12-18(17)24-20(27)14-5-8-16(9-6-14)25-11-3-4-19(25)26/h5-10,12-13H,3-4,11H2,1-2H3,(H,23,28)(H,24,27). The van der Waals surface area contributed by atoms with E-state index in [-0.39, 0.29) is 23.8 Å². The zero-order valence-electron chi connectivity index (χ0n) is 15.8. The molecule has 0 atom stereocenters. The Morgan fingerprint density at radius 1 is 1.07 bits per heavy atom. The summed E-state index contributed by atoms with van der Waals surface area (Å²) < 4.78 is 0. The number of nitrogens with zero attached hydrogens (tertiary/aromatic N) is 1. The number of carbonyl (C=O) groups is 3. The molecule has 0 saturated carbocycles. The number of carbonyl (C=O) groups excluding carboxylic acids is 3. The van der Waals surface area contributed by atoms with Crippen molar-refractivity contribution in [3.8, 4) is 0 Å². The van der Waals surface area contributed by atoms with E-state index in [1.807, 2.05) is 13.8 Å². The van der Waals surface area contributed by atoms with Gasteiger partial charge in [-0.15, -0.1) is 0 Å². The minimum Gasteiger partial charge on any atom is -0.350 e. The van der Waals surface area contributed by atoms with Crippen molar-refractivity contribution in [1.82, 2.24) is 5.32 Å². The van der Waals surface area contributed by atoms with Crippen LogP contribution in [-0.2, 0) is 4.79 Å². The van der Waals surface area contributed by atoms with E-state index in [0.29, 0.717) is 34.8 Å². The van der Waals surface area contributed by atoms with Gasteiger partial charge in [-0.3, -0.25) is 14.4 Å². The quantitative estimate of drug-likeness (QED) is 0.801. The van der Waals surface area contributed by atoms with E-state index in [0.717, 1.165) is 12.1 Å². The second-order valence-corrected chi connectivity index (χ2v) is 7.40. The Morgan fingerprint density at radius 2 is 1.79 bits per heavy atom. The summed E-state index contributed by atoms with van der Waals surface area (Å²) in [6.07, 6.45) is 1.40. The van der Waals surface area contributed by atoms with Gasteiger partial charge in [0.15, 0.2) is 0 Å². The van der Waals surface area contributed by atoms with E-state index in [2.05, 4.69) is 10.6 Å². The zero-order chi connectivity index (χ0) is 20.3. The summed E-state index contributed by atoms with van der Waals surface area (Å²) in [7, 11) is 0. The van der Waals surface area contributed by atoms with Crippen molar-refractivity contribution in [2.24, 2.45) is 0 Å². The van der Waals surface area contributed by atoms with Crippen LogP contribution in [0.3, 0.4) is 0 Å². The van der Waals surface area contributed by atoms with Gasteiger partial charge < -0.3 is 15.5 Å². The van der Waals surface area contributed by atoms with Gasteiger partial charge in [0, 0.05) is 35.3 Å². The Hall–Kier alpha value is -2.86. The second kappa shape index (κ2) is 8.44. The van der Waals surface area contributed by atoms with Gasteiger partial charge in [-0.25, -0.2) is 0 Å². The monoisotopic (exact) mass is 399 g/mol. The molecule has 1 aliphatic heterocycles. The van der Waals surface area contributed by atoms with Crippen molar-refractivity contribution in [3.63, 3.8) is 0 Å². The van der Waals surface area contributed by atoms with Gasteiger partial charge in [0.1, 0.15) is 0 Å². The zero-order valence-corrected chi connectivity index (χ0v) is 16.5. The maximum Gasteiger partial charge on any atom is 0.255 e. The first-order valence-electron chi connectivity index (χ1n) is 9.17. The van der Waals surface area contributed by atoms with Gasteiger partial charge in [0.25, 0.3) is 11.8 Å². The molecule has 3 amide bonds. The van der Waals surface area contributed by atoms with E-state index in [1.54, 1.807) is 47.4 Å². The average molecular weight is 400 g/mol. The molecular formula is C21H22ClN3O3. The van der Waals surface area contributed by atoms with Crippen molar-refractivity contribution in [1.29, 1.82) is 0 Å². The molecule has 7 heteroatoms. The Morgan fingerprint density at radius 3 is 2.39 bits per heavy atom. The highest BCUT2D eigenvalue weighted by atomic mass is 35.5. The smallest absolute Gasteiger partial charge is 0.255 e. The maximum absolute atomic E-state index is 12.7. The lowest BCUT2D eigenvalue weighted by atomic mass is 10.1. The number of anilines is 2. The molecule has 1 aliphatic rings. The highest BCUT2D eigenvalue weighted by Gasteiger charge is 2.22. The van der Waals surface area contributed by atoms with Crippen molar-refractivity contribution >= 4 is 40.7 Å². The Balaban J connectivity index is 1.78. The number of rotatable bonds is 5. The van der Waals surface area contributed by atoms with E-state index >= 15 is 0 Å². The lowest BCUT2D eigenvalue weighted by Crippen LogP contribution is -2.31. The number of halogens is 1. The molecule has 0 radical (unpaired) electrons. The van der Waals surface area contributed by atoms with Gasteiger partial charge in [0.05, 0.1) is 11.3 Å². The molecule has 1 fully saturated rings. The van der Waals surface area contributed by atoms with Crippen LogP contribution in [-0.4, -0.2) is 30.3 Å². The van der Waals surface area contributed by atoms with Gasteiger partial charge in [-0.05, 0) is 62.7 Å². The van der Waals surface area contributed by atoms with E-state index in [1.165, 1.54) is 0 Å². The fourth-order valence-electron chi connectivity index (χ4n) is 3.07. The summed E-state index contributed by atoms with van der Waals surface area (Å²) in [6.45, 7) is 4.42. The normalized spacial score (nSPS) is 13.7. The summed E-state index contributed by atoms with van der Waals surface area (Å²) >= 11 is 6.04. The second-order valence-electron chi connectivity index (χ2n) is 6.97. The molecule has 0 aliphatic carbocycles. The summed E-state index contributed by atoms with van der Waals surface area (Å²) in [5.74, 6) is -0.554. The summed E-state index contributed by atoms with van der Waals surface area (Å²) in [5, 5.41) is 5.97. The first-order chi connectivity index (χ1) is 13.3. The molecule has 2 aromatic rings. The van der Waals surface area contributed by atoms with Crippen LogP contribution >= 0.6 is 11.6 Å². The van der Waals surface area contributed by atoms with Crippen molar-refractivity contribution < 1.29 is 14.4 Å². The SMILES string of the molecule is CC(C)NC(=O)c1ccc(Cl)cc1NC(=O)c1ccc(N2CCCC2=O)cc1. The van der Waals surface area contributed by atoms with E-state index in [9.17, 15) is 14.4 Å². The number of benzene rings is 2. The molecule has 1 saturated heterocycles. The van der Waals surface area contributed by atoms with Crippen LogP contribution < -0.4 is 15.5 Å². The molecule has 2 N–H and O–H groups in total. The van der Waals surface area contributed by atoms with Crippen LogP contribution in [0.15, 0.2) is 42.5 Å². The molecule has 2 aromatic carbocycles. The van der Waals surface area contributed by atoms with E-state index < -0.39 is 0 Å². The van der Waals surface area contributed by atoms with E-state index in [4.69, 9.17) is 11.6 Å². The Labute approximate surface area is 168 Å². The number of amides is 3. The molecule has 0 spiro atoms. The number of nitrogens with one attached hydrogen (secondary N) is 2. The number of hydrogen-bond acceptors (Lipinski definition) is 3. The van der Waals surface area contributed by atoms with Crippen molar-refractivity contribution in [2.45, 2.75) is 32.7 Å². The highest BCUT2D eigenvalue weighted by molar-refractivity contribution is 6.31. The van der Waals surface area contributed by atoms with Gasteiger partial charge in [-0.1, -0.05) is 11.6 Å². The van der Waals surface area contributed by atoms with Gasteiger partial charge >= 0.3 is 0 Å². The molecule has 0 bridgehead atoms. The molecule has 0 aromatic heterocycles. The topological polar surface area (TPSA) is 78.5 Å². The minimum atomic E-state index is -0.361. The first kappa shape index (κ1) is 19.9. The molecule has 0 unspecified atom stereocenters. The molecule has 28 heavy (non-hydrogen) atoms. The van der Waals surface area contributed by atoms with Crippen LogP contribution in [0.25, 0.3) is 0 Å².